The van der Waals surface area contributed by atoms with Crippen LogP contribution in [0, 0.1) is 0 Å². The second-order valence-electron chi connectivity index (χ2n) is 4.36. The number of likely N-dealkylation sites (N-methyl/N-ethyl adjacent to an activating group) is 1. The third kappa shape index (κ3) is 5.80. The summed E-state index contributed by atoms with van der Waals surface area (Å²) in [6.07, 6.45) is 2.62. The first-order valence-corrected chi connectivity index (χ1v) is 6.73. The van der Waals surface area contributed by atoms with Gasteiger partial charge in [0, 0.05) is 19.6 Å². The van der Waals surface area contributed by atoms with Crippen LogP contribution in [-0.2, 0) is 6.54 Å². The summed E-state index contributed by atoms with van der Waals surface area (Å²) in [5.41, 5.74) is -0.0138. The van der Waals surface area contributed by atoms with Crippen LogP contribution in [0.2, 0.25) is 0 Å². The zero-order chi connectivity index (χ0) is 14.1. The van der Waals surface area contributed by atoms with Crippen molar-refractivity contribution in [2.75, 3.05) is 32.7 Å². The summed E-state index contributed by atoms with van der Waals surface area (Å²) < 4.78 is 1.54. The van der Waals surface area contributed by atoms with E-state index >= 15 is 0 Å². The Bertz CT molecular complexity index is 380. The minimum Gasteiger partial charge on any atom is -0.476 e. The van der Waals surface area contributed by atoms with Crippen LogP contribution in [0.1, 0.15) is 30.8 Å². The maximum Gasteiger partial charge on any atom is 0.358 e. The molecule has 2 N–H and O–H groups in total. The monoisotopic (exact) mass is 269 g/mol. The van der Waals surface area contributed by atoms with Gasteiger partial charge in [-0.25, -0.2) is 4.79 Å². The largest absolute Gasteiger partial charge is 0.476 e. The molecule has 1 rings (SSSR count). The molecule has 7 nitrogen and oxygen atoms in total. The third-order valence-electron chi connectivity index (χ3n) is 2.87. The first-order valence-electron chi connectivity index (χ1n) is 6.73. The van der Waals surface area contributed by atoms with Gasteiger partial charge in [-0.2, -0.15) is 0 Å². The van der Waals surface area contributed by atoms with Gasteiger partial charge in [-0.1, -0.05) is 19.1 Å². The van der Waals surface area contributed by atoms with Crippen molar-refractivity contribution in [1.82, 2.24) is 25.2 Å². The standard InChI is InChI=1S/C12H23N5O2/c1-3-7-16(4-2)8-5-13-6-9-17-10-11(12(18)19)14-15-17/h10,13H,3-9H2,1-2H3,(H,18,19). The Hall–Kier alpha value is -1.47. The van der Waals surface area contributed by atoms with E-state index in [2.05, 4.69) is 34.4 Å². The molecule has 0 aliphatic carbocycles. The quantitative estimate of drug-likeness (QED) is 0.594. The Morgan fingerprint density at radius 1 is 1.42 bits per heavy atom. The summed E-state index contributed by atoms with van der Waals surface area (Å²) in [4.78, 5) is 13.0. The summed E-state index contributed by atoms with van der Waals surface area (Å²) in [7, 11) is 0. The Balaban J connectivity index is 2.14. The van der Waals surface area contributed by atoms with E-state index in [4.69, 9.17) is 5.11 Å². The van der Waals surface area contributed by atoms with E-state index in [-0.39, 0.29) is 5.69 Å². The van der Waals surface area contributed by atoms with E-state index in [1.165, 1.54) is 12.6 Å². The Labute approximate surface area is 113 Å². The summed E-state index contributed by atoms with van der Waals surface area (Å²) in [6, 6.07) is 0. The minimum atomic E-state index is -1.04. The lowest BCUT2D eigenvalue weighted by atomic mass is 10.4. The van der Waals surface area contributed by atoms with Crippen molar-refractivity contribution in [3.63, 3.8) is 0 Å². The molecular formula is C12H23N5O2. The van der Waals surface area contributed by atoms with Gasteiger partial charge in [0.25, 0.3) is 0 Å². The van der Waals surface area contributed by atoms with Crippen LogP contribution in [0.15, 0.2) is 6.20 Å². The van der Waals surface area contributed by atoms with E-state index in [9.17, 15) is 4.79 Å². The molecule has 0 unspecified atom stereocenters. The highest BCUT2D eigenvalue weighted by molar-refractivity contribution is 5.84. The SMILES string of the molecule is CCCN(CC)CCNCCn1cc(C(=O)O)nn1. The second-order valence-corrected chi connectivity index (χ2v) is 4.36. The topological polar surface area (TPSA) is 83.3 Å². The van der Waals surface area contributed by atoms with Gasteiger partial charge in [0.2, 0.25) is 0 Å². The zero-order valence-electron chi connectivity index (χ0n) is 11.7. The number of nitrogens with one attached hydrogen (secondary N) is 1. The van der Waals surface area contributed by atoms with Crippen LogP contribution in [-0.4, -0.2) is 63.7 Å². The average Bonchev–Trinajstić information content (AvgIpc) is 2.86. The van der Waals surface area contributed by atoms with Gasteiger partial charge >= 0.3 is 5.97 Å². The third-order valence-corrected chi connectivity index (χ3v) is 2.87. The van der Waals surface area contributed by atoms with Gasteiger partial charge in [-0.05, 0) is 19.5 Å². The first kappa shape index (κ1) is 15.6. The molecule has 7 heteroatoms. The number of hydrogen-bond donors (Lipinski definition) is 2. The fourth-order valence-corrected chi connectivity index (χ4v) is 1.81. The number of rotatable bonds is 10. The first-order chi connectivity index (χ1) is 9.17. The predicted molar refractivity (Wildman–Crippen MR) is 72.3 cm³/mol. The lowest BCUT2D eigenvalue weighted by molar-refractivity contribution is 0.0690. The number of aromatic nitrogens is 3. The summed E-state index contributed by atoms with van der Waals surface area (Å²) >= 11 is 0. The van der Waals surface area contributed by atoms with Crippen molar-refractivity contribution < 1.29 is 9.90 Å². The Morgan fingerprint density at radius 2 is 2.21 bits per heavy atom. The van der Waals surface area contributed by atoms with Crippen LogP contribution >= 0.6 is 0 Å². The van der Waals surface area contributed by atoms with Crippen molar-refractivity contribution in [2.45, 2.75) is 26.8 Å². The highest BCUT2D eigenvalue weighted by atomic mass is 16.4. The van der Waals surface area contributed by atoms with Gasteiger partial charge < -0.3 is 15.3 Å². The molecule has 0 fully saturated rings. The molecule has 108 valence electrons. The normalized spacial score (nSPS) is 11.1. The number of aromatic carboxylic acids is 1. The Morgan fingerprint density at radius 3 is 2.79 bits per heavy atom. The van der Waals surface area contributed by atoms with Crippen molar-refractivity contribution >= 4 is 5.97 Å². The van der Waals surface area contributed by atoms with Crippen molar-refractivity contribution in [3.8, 4) is 0 Å². The van der Waals surface area contributed by atoms with Crippen molar-refractivity contribution in [2.24, 2.45) is 0 Å². The van der Waals surface area contributed by atoms with Gasteiger partial charge in [-0.3, -0.25) is 4.68 Å². The molecule has 1 heterocycles. The molecule has 1 aromatic rings. The maximum atomic E-state index is 10.6. The molecule has 0 bridgehead atoms. The number of hydrogen-bond acceptors (Lipinski definition) is 5. The van der Waals surface area contributed by atoms with Crippen LogP contribution in [0.4, 0.5) is 0 Å². The van der Waals surface area contributed by atoms with Gasteiger partial charge in [0.05, 0.1) is 12.7 Å². The van der Waals surface area contributed by atoms with Crippen molar-refractivity contribution in [3.05, 3.63) is 11.9 Å². The molecular weight excluding hydrogens is 246 g/mol. The van der Waals surface area contributed by atoms with E-state index < -0.39 is 5.97 Å². The van der Waals surface area contributed by atoms with E-state index in [1.54, 1.807) is 4.68 Å². The van der Waals surface area contributed by atoms with E-state index in [0.29, 0.717) is 6.54 Å². The number of nitrogens with zero attached hydrogens (tertiary/aromatic N) is 4. The summed E-state index contributed by atoms with van der Waals surface area (Å²) in [6.45, 7) is 9.88. The van der Waals surface area contributed by atoms with Crippen LogP contribution in [0.5, 0.6) is 0 Å². The molecule has 0 aliphatic heterocycles. The lowest BCUT2D eigenvalue weighted by Crippen LogP contribution is -2.33. The Kier molecular flexibility index (Phi) is 7.06. The molecule has 0 atom stereocenters. The van der Waals surface area contributed by atoms with Gasteiger partial charge in [0.1, 0.15) is 0 Å². The molecule has 0 radical (unpaired) electrons. The average molecular weight is 269 g/mol. The highest BCUT2D eigenvalue weighted by Gasteiger charge is 2.07. The smallest absolute Gasteiger partial charge is 0.358 e. The highest BCUT2D eigenvalue weighted by Crippen LogP contribution is 1.92. The van der Waals surface area contributed by atoms with Gasteiger partial charge in [0.15, 0.2) is 5.69 Å². The lowest BCUT2D eigenvalue weighted by Gasteiger charge is -2.19. The van der Waals surface area contributed by atoms with Crippen LogP contribution < -0.4 is 5.32 Å². The second kappa shape index (κ2) is 8.60. The van der Waals surface area contributed by atoms with E-state index in [0.717, 1.165) is 32.7 Å². The fourth-order valence-electron chi connectivity index (χ4n) is 1.81. The number of carboxylic acids is 1. The van der Waals surface area contributed by atoms with Crippen LogP contribution in [0.3, 0.4) is 0 Å². The molecule has 0 spiro atoms. The summed E-state index contributed by atoms with van der Waals surface area (Å²) in [5, 5.41) is 19.3. The molecule has 0 aromatic carbocycles. The summed E-state index contributed by atoms with van der Waals surface area (Å²) in [5.74, 6) is -1.04. The molecule has 0 amide bonds. The molecule has 19 heavy (non-hydrogen) atoms. The number of carbonyl (C=O) groups is 1. The molecule has 0 saturated carbocycles. The van der Waals surface area contributed by atoms with E-state index in [1.807, 2.05) is 0 Å². The van der Waals surface area contributed by atoms with Crippen LogP contribution in [0.25, 0.3) is 0 Å². The fraction of sp³-hybridized carbons (Fsp3) is 0.750. The molecule has 0 aliphatic rings. The van der Waals surface area contributed by atoms with Gasteiger partial charge in [-0.15, -0.1) is 5.10 Å². The zero-order valence-corrected chi connectivity index (χ0v) is 11.7. The van der Waals surface area contributed by atoms with Crippen molar-refractivity contribution in [1.29, 1.82) is 0 Å². The maximum absolute atomic E-state index is 10.6. The minimum absolute atomic E-state index is 0.0138. The molecule has 0 saturated heterocycles. The number of carboxylic acid groups (broad SMARTS) is 1. The predicted octanol–water partition coefficient (Wildman–Crippen LogP) is 0.298. The molecule has 1 aromatic heterocycles.